The van der Waals surface area contributed by atoms with Crippen LogP contribution in [0.4, 0.5) is 0 Å². The lowest BCUT2D eigenvalue weighted by Crippen LogP contribution is -2.37. The number of aliphatic hydroxyl groups is 1. The summed E-state index contributed by atoms with van der Waals surface area (Å²) in [5.41, 5.74) is 7.81. The lowest BCUT2D eigenvalue weighted by atomic mass is 9.84. The summed E-state index contributed by atoms with van der Waals surface area (Å²) >= 11 is 0. The van der Waals surface area contributed by atoms with Crippen LogP contribution in [0.5, 0.6) is 11.5 Å². The van der Waals surface area contributed by atoms with Crippen LogP contribution >= 0.6 is 0 Å². The van der Waals surface area contributed by atoms with Gasteiger partial charge in [-0.25, -0.2) is 4.68 Å². The largest absolute Gasteiger partial charge is 0.508 e. The number of aliphatic hydroxyl groups excluding tert-OH is 1. The van der Waals surface area contributed by atoms with Crippen molar-refractivity contribution in [1.82, 2.24) is 19.3 Å². The zero-order valence-electron chi connectivity index (χ0n) is 26.8. The molecule has 6 rings (SSSR count). The molecule has 0 aliphatic carbocycles. The molecule has 1 aromatic heterocycles. The maximum atomic E-state index is 13.1. The highest BCUT2D eigenvalue weighted by Crippen LogP contribution is 2.36. The van der Waals surface area contributed by atoms with Crippen LogP contribution in [0.15, 0.2) is 72.8 Å². The molecule has 48 heavy (non-hydrogen) atoms. The first-order chi connectivity index (χ1) is 23.1. The number of aromatic nitrogens is 3. The van der Waals surface area contributed by atoms with E-state index in [1.165, 1.54) is 22.5 Å². The van der Waals surface area contributed by atoms with E-state index in [0.29, 0.717) is 11.1 Å². The minimum atomic E-state index is -4.09. The lowest BCUT2D eigenvalue weighted by Gasteiger charge is -2.28. The molecule has 4 aromatic carbocycles. The Balaban J connectivity index is 1.35. The first kappa shape index (κ1) is 32.9. The van der Waals surface area contributed by atoms with Crippen LogP contribution < -0.4 is 4.18 Å². The Hall–Kier alpha value is -5.04. The Morgan fingerprint density at radius 1 is 1.06 bits per heavy atom. The number of rotatable bonds is 10. The van der Waals surface area contributed by atoms with Crippen LogP contribution in [0.25, 0.3) is 23.3 Å². The quantitative estimate of drug-likeness (QED) is 0.182. The van der Waals surface area contributed by atoms with Gasteiger partial charge in [0.2, 0.25) is 0 Å². The fourth-order valence-corrected chi connectivity index (χ4v) is 7.13. The van der Waals surface area contributed by atoms with Gasteiger partial charge in [0.05, 0.1) is 25.2 Å². The number of hydrogen-bond donors (Lipinski definition) is 2. The highest BCUT2D eigenvalue weighted by atomic mass is 32.2. The third-order valence-electron chi connectivity index (χ3n) is 8.64. The Morgan fingerprint density at radius 3 is 2.67 bits per heavy atom. The molecule has 2 N–H and O–H groups in total. The van der Waals surface area contributed by atoms with Gasteiger partial charge in [0.25, 0.3) is 0 Å². The van der Waals surface area contributed by atoms with Gasteiger partial charge in [-0.15, -0.1) is 5.10 Å². The Kier molecular flexibility index (Phi) is 9.31. The van der Waals surface area contributed by atoms with Crippen molar-refractivity contribution in [2.45, 2.75) is 52.8 Å². The molecule has 0 amide bonds. The zero-order valence-corrected chi connectivity index (χ0v) is 27.6. The number of aryl methyl sites for hydroxylation is 2. The van der Waals surface area contributed by atoms with E-state index >= 15 is 0 Å². The van der Waals surface area contributed by atoms with E-state index < -0.39 is 16.2 Å². The molecule has 2 heterocycles. The summed E-state index contributed by atoms with van der Waals surface area (Å²) in [6.45, 7) is 5.83. The molecule has 1 aliphatic heterocycles. The molecular formula is C36H36N4O7S. The molecule has 248 valence electrons. The molecule has 12 heteroatoms. The number of phenolic OH excluding ortho intramolecular Hbond substituents is 1. The molecule has 5 aromatic rings. The van der Waals surface area contributed by atoms with E-state index in [2.05, 4.69) is 10.3 Å². The summed E-state index contributed by atoms with van der Waals surface area (Å²) in [6.07, 6.45) is 3.73. The van der Waals surface area contributed by atoms with Crippen LogP contribution in [0.2, 0.25) is 0 Å². The highest BCUT2D eigenvalue weighted by molar-refractivity contribution is 7.84. The average Bonchev–Trinajstić information content (AvgIpc) is 3.48. The number of hydrogen-bond acceptors (Lipinski definition) is 9. The number of nitrogens with zero attached hydrogens (tertiary/aromatic N) is 4. The number of carbonyl (C=O) groups excluding carboxylic acids is 1. The smallest absolute Gasteiger partial charge is 0.385 e. The third kappa shape index (κ3) is 6.68. The second-order valence-corrected chi connectivity index (χ2v) is 13.2. The van der Waals surface area contributed by atoms with Gasteiger partial charge in [-0.3, -0.25) is 4.79 Å². The number of ether oxygens (including phenoxy) is 1. The Bertz CT molecular complexity index is 2140. The predicted octanol–water partition coefficient (Wildman–Crippen LogP) is 5.60. The molecule has 1 aliphatic rings. The molecular weight excluding hydrogens is 632 g/mol. The number of aromatic hydroxyl groups is 1. The lowest BCUT2D eigenvalue weighted by molar-refractivity contribution is -0.143. The van der Waals surface area contributed by atoms with E-state index in [-0.39, 0.29) is 50.2 Å². The van der Waals surface area contributed by atoms with Gasteiger partial charge in [-0.05, 0) is 90.1 Å². The van der Waals surface area contributed by atoms with Crippen LogP contribution in [0, 0.1) is 13.8 Å². The molecule has 0 saturated heterocycles. The van der Waals surface area contributed by atoms with Gasteiger partial charge in [0.15, 0.2) is 0 Å². The van der Waals surface area contributed by atoms with E-state index in [0.717, 1.165) is 44.5 Å². The normalized spacial score (nSPS) is 14.9. The van der Waals surface area contributed by atoms with Gasteiger partial charge in [0, 0.05) is 30.8 Å². The second-order valence-electron chi connectivity index (χ2n) is 11.7. The van der Waals surface area contributed by atoms with Gasteiger partial charge in [0.1, 0.15) is 17.0 Å². The number of benzene rings is 4. The standard InChI is InChI=1S/C36H36N4O7S/c1-4-46-35(43)19-32(31-12-13-33-36(24(31)3)37-38-40(33)16-15-25-7-5-6-8-27(25)22-41)26-10-9-23(2)28(17-26)20-39-21-29-18-30(42)11-14-34(29)47-48(39,44)45/h5-18,32,41-42H,4,19-22H2,1-3H3/b16-15+. The van der Waals surface area contributed by atoms with E-state index in [4.69, 9.17) is 8.92 Å². The Morgan fingerprint density at radius 2 is 1.88 bits per heavy atom. The SMILES string of the molecule is CCOC(=O)CC(c1ccc(C)c(CN2Cc3cc(O)ccc3OS2(=O)=O)c1)c1ccc2c(nnn2/C=C/c2ccccc2CO)c1C. The van der Waals surface area contributed by atoms with Gasteiger partial charge < -0.3 is 19.1 Å². The first-order valence-electron chi connectivity index (χ1n) is 15.6. The van der Waals surface area contributed by atoms with E-state index in [1.54, 1.807) is 17.8 Å². The van der Waals surface area contributed by atoms with E-state index in [9.17, 15) is 23.4 Å². The molecule has 0 saturated carbocycles. The van der Waals surface area contributed by atoms with Crippen molar-refractivity contribution in [1.29, 1.82) is 0 Å². The number of phenols is 1. The topological polar surface area (TPSA) is 144 Å². The number of fused-ring (bicyclic) bond motifs is 2. The van der Waals surface area contributed by atoms with Crippen LogP contribution in [0.3, 0.4) is 0 Å². The maximum absolute atomic E-state index is 13.1. The summed E-state index contributed by atoms with van der Waals surface area (Å²) in [5, 5.41) is 28.5. The van der Waals surface area contributed by atoms with Crippen molar-refractivity contribution in [3.8, 4) is 11.5 Å². The van der Waals surface area contributed by atoms with E-state index in [1.807, 2.05) is 74.5 Å². The molecule has 0 bridgehead atoms. The number of carbonyl (C=O) groups is 1. The minimum Gasteiger partial charge on any atom is -0.508 e. The molecule has 1 unspecified atom stereocenters. The Labute approximate surface area is 278 Å². The average molecular weight is 669 g/mol. The molecule has 1 atom stereocenters. The maximum Gasteiger partial charge on any atom is 0.385 e. The van der Waals surface area contributed by atoms with Gasteiger partial charge >= 0.3 is 16.3 Å². The van der Waals surface area contributed by atoms with Crippen LogP contribution in [-0.4, -0.2) is 50.5 Å². The number of esters is 1. The summed E-state index contributed by atoms with van der Waals surface area (Å²) in [6, 6.07) is 21.5. The van der Waals surface area contributed by atoms with Crippen molar-refractivity contribution >= 4 is 39.6 Å². The second kappa shape index (κ2) is 13.6. The predicted molar refractivity (Wildman–Crippen MR) is 181 cm³/mol. The minimum absolute atomic E-state index is 0.0204. The highest BCUT2D eigenvalue weighted by Gasteiger charge is 2.32. The first-order valence-corrected chi connectivity index (χ1v) is 16.9. The molecule has 0 fully saturated rings. The van der Waals surface area contributed by atoms with Gasteiger partial charge in [-0.1, -0.05) is 53.7 Å². The molecule has 0 spiro atoms. The fraction of sp³-hybridized carbons (Fsp3) is 0.250. The van der Waals surface area contributed by atoms with Crippen molar-refractivity contribution in [3.05, 3.63) is 117 Å². The van der Waals surface area contributed by atoms with Crippen molar-refractivity contribution in [3.63, 3.8) is 0 Å². The van der Waals surface area contributed by atoms with Crippen molar-refractivity contribution < 1.29 is 32.3 Å². The summed E-state index contributed by atoms with van der Waals surface area (Å²) in [5.74, 6) is -0.567. The monoisotopic (exact) mass is 668 g/mol. The summed E-state index contributed by atoms with van der Waals surface area (Å²) in [7, 11) is -4.09. The zero-order chi connectivity index (χ0) is 34.0. The van der Waals surface area contributed by atoms with Crippen LogP contribution in [-0.2, 0) is 39.5 Å². The summed E-state index contributed by atoms with van der Waals surface area (Å²) in [4.78, 5) is 12.9. The van der Waals surface area contributed by atoms with Gasteiger partial charge in [-0.2, -0.15) is 12.7 Å². The summed E-state index contributed by atoms with van der Waals surface area (Å²) < 4.78 is 39.8. The molecule has 11 nitrogen and oxygen atoms in total. The van der Waals surface area contributed by atoms with Crippen LogP contribution in [0.1, 0.15) is 63.8 Å². The fourth-order valence-electron chi connectivity index (χ4n) is 6.04. The van der Waals surface area contributed by atoms with Crippen molar-refractivity contribution in [2.24, 2.45) is 0 Å². The molecule has 0 radical (unpaired) electrons. The third-order valence-corrected chi connectivity index (χ3v) is 9.92. The van der Waals surface area contributed by atoms with Crippen molar-refractivity contribution in [2.75, 3.05) is 6.61 Å².